The zero-order valence-corrected chi connectivity index (χ0v) is 75.3. The average Bonchev–Trinajstić information content (AvgIpc) is 0.763. The van der Waals surface area contributed by atoms with Gasteiger partial charge < -0.3 is 328 Å². The lowest BCUT2D eigenvalue weighted by molar-refractivity contribution is -0.405. The molecule has 0 aromatic carbocycles. The van der Waals surface area contributed by atoms with Crippen LogP contribution in [-0.4, -0.2) is 694 Å². The third-order valence-electron chi connectivity index (χ3n) is 27.2. The van der Waals surface area contributed by atoms with Crippen molar-refractivity contribution in [3.63, 3.8) is 0 Å². The van der Waals surface area contributed by atoms with E-state index in [2.05, 4.69) is 0 Å². The van der Waals surface area contributed by atoms with Crippen molar-refractivity contribution in [3.05, 3.63) is 0 Å². The van der Waals surface area contributed by atoms with E-state index in [4.69, 9.17) is 118 Å². The number of hydrogen-bond donors (Lipinski definition) is 41. The van der Waals surface area contributed by atoms with E-state index in [1.807, 2.05) is 0 Å². The largest absolute Gasteiger partial charge is 0.394 e. The van der Waals surface area contributed by atoms with Crippen LogP contribution in [-0.2, 0) is 118 Å². The fourth-order valence-corrected chi connectivity index (χ4v) is 18.9. The topological polar surface area (TPSA) is 1060 Å². The highest BCUT2D eigenvalue weighted by Gasteiger charge is 2.65. The molecule has 0 aromatic rings. The third-order valence-corrected chi connectivity index (χ3v) is 27.2. The minimum Gasteiger partial charge on any atom is -0.394 e. The summed E-state index contributed by atoms with van der Waals surface area (Å²) in [5.41, 5.74) is 0. The maximum Gasteiger partial charge on any atom is 0.187 e. The monoisotopic (exact) mass is 2120 g/mol. The smallest absolute Gasteiger partial charge is 0.187 e. The lowest BCUT2D eigenvalue weighted by Crippen LogP contribution is -2.69. The summed E-state index contributed by atoms with van der Waals surface area (Å²) < 4.78 is 142. The fraction of sp³-hybridized carbons (Fsp3) is 1.00. The maximum absolute atomic E-state index is 12.1. The normalized spacial score (nSPS) is 53.9. The van der Waals surface area contributed by atoms with Crippen molar-refractivity contribution in [2.24, 2.45) is 0 Å². The van der Waals surface area contributed by atoms with Gasteiger partial charge in [-0.1, -0.05) is 0 Å². The predicted octanol–water partition coefficient (Wildman–Crippen LogP) is -29.3. The third kappa shape index (κ3) is 24.3. The number of aliphatic hydroxyl groups is 41. The summed E-state index contributed by atoms with van der Waals surface area (Å²) in [5.74, 6) is 0. The van der Waals surface area contributed by atoms with Gasteiger partial charge in [0, 0.05) is 0 Å². The number of aliphatic hydroxyl groups excluding tert-OH is 41. The Kier molecular flexibility index (Phi) is 42.2. The van der Waals surface area contributed by atoms with Gasteiger partial charge in [0.2, 0.25) is 0 Å². The van der Waals surface area contributed by atoms with Crippen molar-refractivity contribution in [2.75, 3.05) is 85.9 Å². The van der Waals surface area contributed by atoms with Crippen LogP contribution in [0.3, 0.4) is 0 Å². The van der Waals surface area contributed by atoms with E-state index in [9.17, 15) is 209 Å². The van der Waals surface area contributed by atoms with Gasteiger partial charge >= 0.3 is 0 Å². The summed E-state index contributed by atoms with van der Waals surface area (Å²) in [6, 6.07) is 0. The summed E-state index contributed by atoms with van der Waals surface area (Å²) in [5, 5.41) is 456. The van der Waals surface area contributed by atoms with Crippen LogP contribution in [0.5, 0.6) is 0 Å². The molecule has 144 heavy (non-hydrogen) atoms. The first-order valence-corrected chi connectivity index (χ1v) is 45.8. The van der Waals surface area contributed by atoms with E-state index in [0.717, 1.165) is 0 Å². The molecule has 13 rings (SSSR count). The molecule has 0 amide bonds. The molecule has 13 aliphatic heterocycles. The molecule has 65 atom stereocenters. The molecular weight excluding hydrogens is 1990 g/mol. The van der Waals surface area contributed by atoms with Gasteiger partial charge in [0.05, 0.1) is 85.9 Å². The summed E-state index contributed by atoms with van der Waals surface area (Å²) in [6.07, 6.45) is -143. The van der Waals surface area contributed by atoms with E-state index >= 15 is 0 Å². The Balaban J connectivity index is 0.658. The van der Waals surface area contributed by atoms with Gasteiger partial charge in [0.25, 0.3) is 0 Å². The Morgan fingerprint density at radius 3 is 0.319 bits per heavy atom. The van der Waals surface area contributed by atoms with Crippen LogP contribution in [0.15, 0.2) is 0 Å². The molecule has 0 radical (unpaired) electrons. The zero-order valence-electron chi connectivity index (χ0n) is 75.3. The zero-order chi connectivity index (χ0) is 105. The second-order valence-corrected chi connectivity index (χ2v) is 36.4. The fourth-order valence-electron chi connectivity index (χ4n) is 18.9. The highest BCUT2D eigenvalue weighted by molar-refractivity contribution is 5.06. The molecule has 0 aliphatic carbocycles. The minimum absolute atomic E-state index is 0.937. The first-order chi connectivity index (χ1) is 68.4. The Labute approximate surface area is 810 Å². The van der Waals surface area contributed by atoms with Crippen molar-refractivity contribution in [1.82, 2.24) is 0 Å². The Bertz CT molecular complexity index is 3660. The number of rotatable bonds is 37. The van der Waals surface area contributed by atoms with Crippen molar-refractivity contribution in [2.45, 2.75) is 399 Å². The Hall–Kier alpha value is -2.64. The molecule has 66 heteroatoms. The van der Waals surface area contributed by atoms with Crippen molar-refractivity contribution in [3.8, 4) is 0 Å². The summed E-state index contributed by atoms with van der Waals surface area (Å²) in [4.78, 5) is 0. The molecule has 0 spiro atoms. The minimum atomic E-state index is -2.54. The number of hydrogen-bond acceptors (Lipinski definition) is 66. The molecule has 1 unspecified atom stereocenters. The predicted molar refractivity (Wildman–Crippen MR) is 428 cm³/mol. The van der Waals surface area contributed by atoms with E-state index in [1.54, 1.807) is 0 Å². The van der Waals surface area contributed by atoms with E-state index < -0.39 is 485 Å². The van der Waals surface area contributed by atoms with E-state index in [-0.39, 0.29) is 0 Å². The van der Waals surface area contributed by atoms with Gasteiger partial charge in [-0.3, -0.25) is 0 Å². The first-order valence-electron chi connectivity index (χ1n) is 45.8. The van der Waals surface area contributed by atoms with Crippen LogP contribution in [0.25, 0.3) is 0 Å². The lowest BCUT2D eigenvalue weighted by Gasteiger charge is -2.50. The van der Waals surface area contributed by atoms with E-state index in [1.165, 1.54) is 0 Å². The maximum atomic E-state index is 12.1. The molecule has 840 valence electrons. The summed E-state index contributed by atoms with van der Waals surface area (Å²) in [7, 11) is 0. The second-order valence-electron chi connectivity index (χ2n) is 36.4. The van der Waals surface area contributed by atoms with Gasteiger partial charge in [-0.2, -0.15) is 0 Å². The summed E-state index contributed by atoms with van der Waals surface area (Å²) in [6.45, 7) is -15.0. The molecule has 66 nitrogen and oxygen atoms in total. The standard InChI is InChI=1S/C78H132O66/c79-1-14-27(92)40(105)41(106)67(121-14)134-55-29(94)16(3-81)123-69(43(55)108)136-57-31(96)18(5-83)125-71(45(57)110)138-59-33(98)20(7-85)127-73(47(59)112)140-61-35(100)22(9-87)129-75(49(61)114)142-63-37(102)24(11-89)131-77(51(63)116)144-65-39(104)26(13-91)132-78(53(65)118)143-64-38(103)25(12-90)130-76(52(64)117)141-62-36(101)23(10-88)128-74(50(62)115)139-60-34(99)21(8-86)126-72(48(60)113)137-58-32(97)19(6-84)124-70(46(58)111)135-56-30(95)17(4-82)122-68(44(56)109)133-54-28(93)15(2-80)120-66(119)42(54)107/h14-119H,1-13H2/t14-,15-,16-,17-,18-,19-,20-,21-,22-,23-,24-,25-,26-,27-,28-,29-,30-,31-,32-,33-,34-,35-,36-,37-,38-,39-,40+,41-,42-,43-,44-,45-,46-,47-,48-,49-,50-,51-,52-,53-,54+,55+,56+,57+,58+,59+,60+,61+,62+,63+,64+,65+,66?,67+,68+,69+,70+,71+,72+,73+,74+,75+,76+,77+,78+/m1/s1. The van der Waals surface area contributed by atoms with Crippen LogP contribution in [0.2, 0.25) is 0 Å². The molecule has 13 fully saturated rings. The van der Waals surface area contributed by atoms with Gasteiger partial charge in [-0.25, -0.2) is 0 Å². The lowest BCUT2D eigenvalue weighted by atomic mass is 9.94. The quantitative estimate of drug-likeness (QED) is 0.0275. The van der Waals surface area contributed by atoms with Crippen molar-refractivity contribution in [1.29, 1.82) is 0 Å². The number of ether oxygens (including phenoxy) is 25. The molecule has 41 N–H and O–H groups in total. The molecule has 0 bridgehead atoms. The molecule has 13 saturated heterocycles. The van der Waals surface area contributed by atoms with E-state index in [0.29, 0.717) is 0 Å². The van der Waals surface area contributed by atoms with Crippen molar-refractivity contribution < 1.29 is 328 Å². The molecule has 13 heterocycles. The van der Waals surface area contributed by atoms with Gasteiger partial charge in [-0.05, 0) is 0 Å². The van der Waals surface area contributed by atoms with Crippen LogP contribution >= 0.6 is 0 Å². The second kappa shape index (κ2) is 51.4. The van der Waals surface area contributed by atoms with Gasteiger partial charge in [0.15, 0.2) is 81.8 Å². The molecule has 0 aromatic heterocycles. The van der Waals surface area contributed by atoms with Crippen LogP contribution in [0.4, 0.5) is 0 Å². The SMILES string of the molecule is OC[C@H]1O[C@@H](O[C@@H]2[C@@H](O)[C@H](O[C@@H]3[C@@H](O)[C@H](O[C@@H]4[C@@H](O)[C@H](O[C@@H]5[C@@H](O)[C@H](O[C@@H]6[C@@H](O)[C@H](O[C@@H]7[C@@H](O)[C@H](O[C@@H]8[C@@H](O)[C@H](O[C@@H]9[C@@H](O)[C@H](O[C@@H]%10[C@@H](O)[C@H](O[C@@H]%11[C@@H](O)[C@H](O[C@@H]%12[C@@H](O)[C@H](O[C@H]%13[C@H](O)[C@@H](CO)OC(O)[C@@H]%13O)O[C@H](CO)[C@H]%12O)O[C@H](CO)[C@H]%11O)O[C@H](CO)[C@H]%10O)O[C@H](CO)[C@H]9O)O[C@H](CO)[C@H]8O)O[C@H](CO)[C@H]7O)O[C@H](CO)[C@H]6O)O[C@H](CO)[C@H]5O)O[C@H](CO)[C@H]4O)O[C@H](CO)[C@H]3O)O[C@H](CO)[C@H]2O)[C@H](O)[C@@H](O)[C@@H]1O. The summed E-state index contributed by atoms with van der Waals surface area (Å²) >= 11 is 0. The Morgan fingerprint density at radius 2 is 0.201 bits per heavy atom. The van der Waals surface area contributed by atoms with Crippen LogP contribution < -0.4 is 0 Å². The average molecular weight is 2130 g/mol. The highest BCUT2D eigenvalue weighted by atomic mass is 16.8. The first kappa shape index (κ1) is 118. The van der Waals surface area contributed by atoms with Gasteiger partial charge in [0.1, 0.15) is 317 Å². The highest BCUT2D eigenvalue weighted by Crippen LogP contribution is 2.44. The van der Waals surface area contributed by atoms with Crippen LogP contribution in [0, 0.1) is 0 Å². The molecule has 13 aliphatic rings. The Morgan fingerprint density at radius 1 is 0.104 bits per heavy atom. The van der Waals surface area contributed by atoms with Crippen LogP contribution in [0.1, 0.15) is 0 Å². The van der Waals surface area contributed by atoms with Crippen molar-refractivity contribution >= 4 is 0 Å². The van der Waals surface area contributed by atoms with Gasteiger partial charge in [-0.15, -0.1) is 0 Å². The molecule has 0 saturated carbocycles. The molecular formula is C78H132O66.